The summed E-state index contributed by atoms with van der Waals surface area (Å²) in [6.07, 6.45) is 4.42. The highest BCUT2D eigenvalue weighted by molar-refractivity contribution is 6.17. The van der Waals surface area contributed by atoms with Crippen LogP contribution in [0.25, 0.3) is 10.8 Å². The molecule has 1 aromatic heterocycles. The van der Waals surface area contributed by atoms with E-state index in [9.17, 15) is 10.1 Å². The molecule has 0 aliphatic carbocycles. The average molecular weight is 616 g/mol. The van der Waals surface area contributed by atoms with E-state index in [0.29, 0.717) is 63.6 Å². The molecule has 3 aromatic rings. The molecule has 2 fully saturated rings. The van der Waals surface area contributed by atoms with Crippen molar-refractivity contribution in [2.75, 3.05) is 62.1 Å². The lowest BCUT2D eigenvalue weighted by Gasteiger charge is -2.42. The monoisotopic (exact) mass is 615 g/mol. The first-order valence-corrected chi connectivity index (χ1v) is 16.4. The number of ether oxygens (including phenoxy) is 1. The van der Waals surface area contributed by atoms with Crippen molar-refractivity contribution in [2.24, 2.45) is 0 Å². The van der Waals surface area contributed by atoms with Crippen LogP contribution in [0.15, 0.2) is 36.4 Å². The van der Waals surface area contributed by atoms with E-state index in [-0.39, 0.29) is 18.4 Å². The third-order valence-corrected chi connectivity index (χ3v) is 9.75. The number of anilines is 2. The van der Waals surface area contributed by atoms with E-state index in [4.69, 9.17) is 26.3 Å². The summed E-state index contributed by atoms with van der Waals surface area (Å²) in [5.74, 6) is 1.41. The molecule has 1 amide bonds. The van der Waals surface area contributed by atoms with Gasteiger partial charge in [0.15, 0.2) is 0 Å². The van der Waals surface area contributed by atoms with Crippen LogP contribution in [0.4, 0.5) is 11.5 Å². The number of rotatable bonds is 9. The van der Waals surface area contributed by atoms with E-state index < -0.39 is 0 Å². The predicted molar refractivity (Wildman–Crippen MR) is 175 cm³/mol. The number of hydrogen-bond acceptors (Lipinski definition) is 8. The van der Waals surface area contributed by atoms with Crippen molar-refractivity contribution < 1.29 is 9.53 Å². The highest BCUT2D eigenvalue weighted by Gasteiger charge is 2.34. The maximum Gasteiger partial charge on any atom is 0.318 e. The lowest BCUT2D eigenvalue weighted by atomic mass is 9.99. The van der Waals surface area contributed by atoms with E-state index >= 15 is 0 Å². The molecular formula is C34H42ClN7O2. The van der Waals surface area contributed by atoms with Gasteiger partial charge in [-0.3, -0.25) is 4.79 Å². The number of benzene rings is 2. The highest BCUT2D eigenvalue weighted by Crippen LogP contribution is 2.36. The first-order valence-electron chi connectivity index (χ1n) is 15.9. The summed E-state index contributed by atoms with van der Waals surface area (Å²) in [6, 6.07) is 15.9. The van der Waals surface area contributed by atoms with Crippen LogP contribution < -0.4 is 14.5 Å². The van der Waals surface area contributed by atoms with Gasteiger partial charge in [-0.1, -0.05) is 30.3 Å². The van der Waals surface area contributed by atoms with Gasteiger partial charge in [0.2, 0.25) is 5.91 Å². The smallest absolute Gasteiger partial charge is 0.318 e. The second-order valence-electron chi connectivity index (χ2n) is 12.3. The number of nitrogens with zero attached hydrogens (tertiary/aromatic N) is 7. The average Bonchev–Trinajstić information content (AvgIpc) is 3.46. The molecular weight excluding hydrogens is 574 g/mol. The van der Waals surface area contributed by atoms with Crippen molar-refractivity contribution in [2.45, 2.75) is 64.1 Å². The zero-order chi connectivity index (χ0) is 30.6. The van der Waals surface area contributed by atoms with Crippen molar-refractivity contribution in [3.8, 4) is 12.1 Å². The Hall–Kier alpha value is -3.61. The molecule has 3 aliphatic heterocycles. The Kier molecular flexibility index (Phi) is 9.39. The number of aromatic nitrogens is 2. The summed E-state index contributed by atoms with van der Waals surface area (Å²) in [6.45, 7) is 7.08. The van der Waals surface area contributed by atoms with Crippen molar-refractivity contribution in [3.63, 3.8) is 0 Å². The van der Waals surface area contributed by atoms with Crippen LogP contribution in [0.5, 0.6) is 6.01 Å². The number of amides is 1. The summed E-state index contributed by atoms with van der Waals surface area (Å²) in [7, 11) is 2.15. The summed E-state index contributed by atoms with van der Waals surface area (Å²) in [5, 5.41) is 12.2. The number of hydrogen-bond donors (Lipinski definition) is 0. The largest absolute Gasteiger partial charge is 0.462 e. The molecule has 232 valence electrons. The Morgan fingerprint density at radius 3 is 2.70 bits per heavy atom. The molecule has 0 saturated carbocycles. The molecule has 0 radical (unpaired) electrons. The summed E-state index contributed by atoms with van der Waals surface area (Å²) >= 11 is 5.86. The second kappa shape index (κ2) is 13.6. The Labute approximate surface area is 265 Å². The van der Waals surface area contributed by atoms with Gasteiger partial charge in [0.1, 0.15) is 12.4 Å². The first-order chi connectivity index (χ1) is 21.5. The van der Waals surface area contributed by atoms with E-state index in [1.807, 2.05) is 4.90 Å². The SMILES string of the molecule is Cc1cccc2cccc(N3CCc4c(nc(OC[C@@H]5CCCN5C)nc4N4CCN(C(=O)CCCCl)[C@@H](CC#N)C4)C3)c12. The zero-order valence-corrected chi connectivity index (χ0v) is 26.6. The molecule has 0 unspecified atom stereocenters. The molecule has 10 heteroatoms. The van der Waals surface area contributed by atoms with Crippen LogP contribution in [0.3, 0.4) is 0 Å². The summed E-state index contributed by atoms with van der Waals surface area (Å²) in [4.78, 5) is 31.9. The Morgan fingerprint density at radius 1 is 1.09 bits per heavy atom. The molecule has 3 aliphatic rings. The van der Waals surface area contributed by atoms with Crippen molar-refractivity contribution in [3.05, 3.63) is 53.2 Å². The standard InChI is InChI=1S/C34H42ClN7O2/c1-24-7-3-8-25-9-4-11-30(32(24)25)40-18-14-28-29(22-40)37-34(44-23-27-10-6-17-39(27)2)38-33(28)41-19-20-42(26(21-41)13-16-36)31(43)12-5-15-35/h3-4,7-9,11,26-27H,5-6,10,12-15,17-23H2,1-2H3/t26-,27-/m0/s1. The third kappa shape index (κ3) is 6.29. The van der Waals surface area contributed by atoms with Gasteiger partial charge in [0.05, 0.1) is 30.8 Å². The van der Waals surface area contributed by atoms with Crippen LogP contribution in [-0.2, 0) is 17.8 Å². The number of carbonyl (C=O) groups excluding carboxylic acids is 1. The van der Waals surface area contributed by atoms with Crippen LogP contribution in [0.1, 0.15) is 48.9 Å². The Morgan fingerprint density at radius 2 is 1.93 bits per heavy atom. The van der Waals surface area contributed by atoms with Gasteiger partial charge in [0, 0.05) is 61.2 Å². The van der Waals surface area contributed by atoms with E-state index in [1.165, 1.54) is 28.4 Å². The maximum atomic E-state index is 13.0. The minimum Gasteiger partial charge on any atom is -0.462 e. The first kappa shape index (κ1) is 30.4. The van der Waals surface area contributed by atoms with Crippen LogP contribution in [0, 0.1) is 18.3 Å². The molecule has 2 aromatic carbocycles. The molecule has 0 N–H and O–H groups in total. The number of fused-ring (bicyclic) bond motifs is 2. The number of carbonyl (C=O) groups is 1. The van der Waals surface area contributed by atoms with Gasteiger partial charge in [-0.2, -0.15) is 15.2 Å². The Balaban J connectivity index is 1.31. The quantitative estimate of drug-likeness (QED) is 0.313. The van der Waals surface area contributed by atoms with Gasteiger partial charge < -0.3 is 24.3 Å². The van der Waals surface area contributed by atoms with Crippen LogP contribution in [0.2, 0.25) is 0 Å². The summed E-state index contributed by atoms with van der Waals surface area (Å²) < 4.78 is 6.33. The van der Waals surface area contributed by atoms with E-state index in [2.05, 4.69) is 71.1 Å². The van der Waals surface area contributed by atoms with E-state index in [0.717, 1.165) is 43.0 Å². The molecule has 4 heterocycles. The van der Waals surface area contributed by atoms with Crippen molar-refractivity contribution in [1.82, 2.24) is 19.8 Å². The predicted octanol–water partition coefficient (Wildman–Crippen LogP) is 4.92. The maximum absolute atomic E-state index is 13.0. The van der Waals surface area contributed by atoms with Crippen LogP contribution >= 0.6 is 11.6 Å². The summed E-state index contributed by atoms with van der Waals surface area (Å²) in [5.41, 5.74) is 4.61. The second-order valence-corrected chi connectivity index (χ2v) is 12.7. The topological polar surface area (TPSA) is 88.8 Å². The number of likely N-dealkylation sites (N-methyl/N-ethyl adjacent to an activating group) is 1. The third-order valence-electron chi connectivity index (χ3n) is 9.48. The lowest BCUT2D eigenvalue weighted by molar-refractivity contribution is -0.133. The molecule has 0 spiro atoms. The molecule has 2 atom stereocenters. The number of alkyl halides is 1. The normalized spacial score (nSPS) is 20.5. The van der Waals surface area contributed by atoms with Gasteiger partial charge in [0.25, 0.3) is 0 Å². The zero-order valence-electron chi connectivity index (χ0n) is 25.8. The number of aryl methyl sites for hydroxylation is 1. The number of halogens is 1. The van der Waals surface area contributed by atoms with Gasteiger partial charge in [-0.15, -0.1) is 11.6 Å². The number of nitriles is 1. The Bertz CT molecular complexity index is 1540. The fraction of sp³-hybridized carbons (Fsp3) is 0.529. The molecule has 2 saturated heterocycles. The van der Waals surface area contributed by atoms with Crippen LogP contribution in [-0.4, -0.2) is 90.0 Å². The molecule has 6 rings (SSSR count). The van der Waals surface area contributed by atoms with Gasteiger partial charge in [-0.25, -0.2) is 0 Å². The fourth-order valence-corrected chi connectivity index (χ4v) is 7.20. The molecule has 9 nitrogen and oxygen atoms in total. The van der Waals surface area contributed by atoms with E-state index in [1.54, 1.807) is 0 Å². The minimum absolute atomic E-state index is 0.0704. The molecule has 44 heavy (non-hydrogen) atoms. The molecule has 0 bridgehead atoms. The number of likely N-dealkylation sites (tertiary alicyclic amines) is 1. The van der Waals surface area contributed by atoms with Crippen molar-refractivity contribution >= 4 is 39.8 Å². The lowest BCUT2D eigenvalue weighted by Crippen LogP contribution is -2.55. The highest BCUT2D eigenvalue weighted by atomic mass is 35.5. The van der Waals surface area contributed by atoms with Gasteiger partial charge >= 0.3 is 6.01 Å². The minimum atomic E-state index is -0.197. The fourth-order valence-electron chi connectivity index (χ4n) is 7.07. The van der Waals surface area contributed by atoms with Crippen molar-refractivity contribution in [1.29, 1.82) is 5.26 Å². The van der Waals surface area contributed by atoms with Gasteiger partial charge in [-0.05, 0) is 63.2 Å². The number of piperazine rings is 1.